The summed E-state index contributed by atoms with van der Waals surface area (Å²) in [5.41, 5.74) is 7.10. The third-order valence-corrected chi connectivity index (χ3v) is 4.26. The maximum atomic E-state index is 13.6. The summed E-state index contributed by atoms with van der Waals surface area (Å²) in [6.07, 6.45) is 1.35. The molecule has 27 heavy (non-hydrogen) atoms. The van der Waals surface area contributed by atoms with Crippen molar-refractivity contribution in [1.29, 1.82) is 0 Å². The van der Waals surface area contributed by atoms with Crippen LogP contribution in [0.1, 0.15) is 39.3 Å². The van der Waals surface area contributed by atoms with Gasteiger partial charge in [-0.05, 0) is 43.5 Å². The van der Waals surface area contributed by atoms with Gasteiger partial charge in [0, 0.05) is 28.9 Å². The second kappa shape index (κ2) is 7.60. The fourth-order valence-corrected chi connectivity index (χ4v) is 3.31. The van der Waals surface area contributed by atoms with Crippen molar-refractivity contribution >= 4 is 11.0 Å². The zero-order valence-corrected chi connectivity index (χ0v) is 15.7. The van der Waals surface area contributed by atoms with E-state index >= 15 is 0 Å². The summed E-state index contributed by atoms with van der Waals surface area (Å²) in [6.45, 7) is 6.12. The van der Waals surface area contributed by atoms with Crippen LogP contribution >= 0.6 is 0 Å². The summed E-state index contributed by atoms with van der Waals surface area (Å²) < 4.78 is 32.9. The molecule has 0 spiro atoms. The Hall–Kier alpha value is -2.54. The maximum absolute atomic E-state index is 13.6. The zero-order chi connectivity index (χ0) is 19.6. The fraction of sp³-hybridized carbons (Fsp3) is 0.400. The van der Waals surface area contributed by atoms with Gasteiger partial charge in [0.15, 0.2) is 0 Å². The molecule has 0 radical (unpaired) electrons. The van der Waals surface area contributed by atoms with Crippen molar-refractivity contribution in [3.63, 3.8) is 0 Å². The molecule has 0 aromatic carbocycles. The smallest absolute Gasteiger partial charge is 0.284 e. The molecule has 7 heteroatoms. The van der Waals surface area contributed by atoms with Crippen LogP contribution in [-0.4, -0.2) is 27.1 Å². The molecule has 0 amide bonds. The Kier molecular flexibility index (Phi) is 5.41. The number of fused-ring (bicyclic) bond motifs is 1. The standard InChI is InChI=1S/C20H24F2N4O/c1-12(2)10-20(3,23)11-27-16-5-4-15(26-17(16)18(21)22)13-6-8-24-19-14(13)7-9-25-19/h4-9,12,18H,10-11,23H2,1-3H3,(H,24,25)/t20-/m0/s1. The van der Waals surface area contributed by atoms with Gasteiger partial charge in [-0.15, -0.1) is 0 Å². The van der Waals surface area contributed by atoms with Gasteiger partial charge < -0.3 is 15.5 Å². The fourth-order valence-electron chi connectivity index (χ4n) is 3.31. The third kappa shape index (κ3) is 4.42. The first-order chi connectivity index (χ1) is 12.8. The SMILES string of the molecule is CC(C)C[C@](C)(N)COc1ccc(-c2ccnc3[nH]ccc23)nc1C(F)F. The second-order valence-corrected chi connectivity index (χ2v) is 7.52. The molecule has 0 aliphatic carbocycles. The third-order valence-electron chi connectivity index (χ3n) is 4.26. The van der Waals surface area contributed by atoms with Gasteiger partial charge >= 0.3 is 0 Å². The number of halogens is 2. The number of nitrogens with one attached hydrogen (secondary N) is 1. The van der Waals surface area contributed by atoms with Crippen molar-refractivity contribution in [2.24, 2.45) is 11.7 Å². The van der Waals surface area contributed by atoms with Crippen molar-refractivity contribution in [1.82, 2.24) is 15.0 Å². The lowest BCUT2D eigenvalue weighted by atomic mass is 9.93. The van der Waals surface area contributed by atoms with Gasteiger partial charge in [-0.3, -0.25) is 0 Å². The molecular formula is C20H24F2N4O. The second-order valence-electron chi connectivity index (χ2n) is 7.52. The maximum Gasteiger partial charge on any atom is 0.284 e. The lowest BCUT2D eigenvalue weighted by Gasteiger charge is -2.27. The topological polar surface area (TPSA) is 76.8 Å². The number of nitrogens with two attached hydrogens (primary N) is 1. The van der Waals surface area contributed by atoms with Crippen LogP contribution in [0.5, 0.6) is 5.75 Å². The van der Waals surface area contributed by atoms with Gasteiger partial charge in [-0.2, -0.15) is 0 Å². The molecule has 3 heterocycles. The predicted molar refractivity (Wildman–Crippen MR) is 102 cm³/mol. The van der Waals surface area contributed by atoms with E-state index in [2.05, 4.69) is 28.8 Å². The summed E-state index contributed by atoms with van der Waals surface area (Å²) in [5, 5.41) is 0.824. The number of ether oxygens (including phenoxy) is 1. The lowest BCUT2D eigenvalue weighted by Crippen LogP contribution is -2.43. The number of nitrogens with zero attached hydrogens (tertiary/aromatic N) is 2. The number of aromatic amines is 1. The van der Waals surface area contributed by atoms with Crippen LogP contribution in [0.4, 0.5) is 8.78 Å². The minimum Gasteiger partial charge on any atom is -0.490 e. The summed E-state index contributed by atoms with van der Waals surface area (Å²) in [6, 6.07) is 6.82. The van der Waals surface area contributed by atoms with Crippen molar-refractivity contribution in [3.05, 3.63) is 42.4 Å². The van der Waals surface area contributed by atoms with E-state index in [0.29, 0.717) is 17.3 Å². The Bertz CT molecular complexity index is 921. The normalized spacial score (nSPS) is 14.1. The first kappa shape index (κ1) is 19.2. The first-order valence-corrected chi connectivity index (χ1v) is 8.90. The minimum absolute atomic E-state index is 0.0635. The highest BCUT2D eigenvalue weighted by Crippen LogP contribution is 2.33. The van der Waals surface area contributed by atoms with E-state index in [9.17, 15) is 8.78 Å². The zero-order valence-electron chi connectivity index (χ0n) is 15.7. The molecule has 3 rings (SSSR count). The predicted octanol–water partition coefficient (Wildman–Crippen LogP) is 4.70. The van der Waals surface area contributed by atoms with E-state index in [-0.39, 0.29) is 18.1 Å². The Morgan fingerprint density at radius 3 is 2.70 bits per heavy atom. The van der Waals surface area contributed by atoms with E-state index < -0.39 is 12.0 Å². The van der Waals surface area contributed by atoms with E-state index in [1.807, 2.05) is 13.0 Å². The molecule has 0 unspecified atom stereocenters. The molecule has 3 aromatic heterocycles. The van der Waals surface area contributed by atoms with Gasteiger partial charge in [-0.25, -0.2) is 18.7 Å². The number of alkyl halides is 2. The summed E-state index contributed by atoms with van der Waals surface area (Å²) in [5.74, 6) is 0.447. The molecule has 0 fully saturated rings. The van der Waals surface area contributed by atoms with E-state index in [4.69, 9.17) is 10.5 Å². The van der Waals surface area contributed by atoms with Crippen LogP contribution in [0, 0.1) is 5.92 Å². The molecule has 0 bridgehead atoms. The number of hydrogen-bond acceptors (Lipinski definition) is 4. The lowest BCUT2D eigenvalue weighted by molar-refractivity contribution is 0.134. The molecule has 0 saturated carbocycles. The molecule has 0 aliphatic heterocycles. The van der Waals surface area contributed by atoms with Gasteiger partial charge in [0.1, 0.15) is 23.7 Å². The van der Waals surface area contributed by atoms with Crippen LogP contribution in [0.25, 0.3) is 22.3 Å². The molecule has 0 saturated heterocycles. The number of H-pyrrole nitrogens is 1. The van der Waals surface area contributed by atoms with E-state index in [0.717, 1.165) is 17.4 Å². The molecule has 5 nitrogen and oxygen atoms in total. The van der Waals surface area contributed by atoms with Crippen LogP contribution in [0.3, 0.4) is 0 Å². The largest absolute Gasteiger partial charge is 0.490 e. The Balaban J connectivity index is 1.91. The van der Waals surface area contributed by atoms with Gasteiger partial charge in [0.25, 0.3) is 6.43 Å². The van der Waals surface area contributed by atoms with Crippen LogP contribution in [0.2, 0.25) is 0 Å². The Labute approximate surface area is 157 Å². The molecule has 3 aromatic rings. The number of hydrogen-bond donors (Lipinski definition) is 2. The Morgan fingerprint density at radius 2 is 2.00 bits per heavy atom. The average Bonchev–Trinajstić information content (AvgIpc) is 3.07. The van der Waals surface area contributed by atoms with Crippen molar-refractivity contribution in [2.45, 2.75) is 39.2 Å². The van der Waals surface area contributed by atoms with E-state index in [1.54, 1.807) is 24.5 Å². The highest BCUT2D eigenvalue weighted by Gasteiger charge is 2.24. The van der Waals surface area contributed by atoms with Gasteiger partial charge in [0.2, 0.25) is 0 Å². The molecule has 3 N–H and O–H groups in total. The number of pyridine rings is 2. The monoisotopic (exact) mass is 374 g/mol. The van der Waals surface area contributed by atoms with Crippen molar-refractivity contribution in [3.8, 4) is 17.0 Å². The van der Waals surface area contributed by atoms with Crippen LogP contribution in [-0.2, 0) is 0 Å². The molecule has 1 atom stereocenters. The summed E-state index contributed by atoms with van der Waals surface area (Å²) in [4.78, 5) is 11.4. The van der Waals surface area contributed by atoms with Crippen LogP contribution < -0.4 is 10.5 Å². The quantitative estimate of drug-likeness (QED) is 0.628. The van der Waals surface area contributed by atoms with Gasteiger partial charge in [0.05, 0.1) is 5.69 Å². The van der Waals surface area contributed by atoms with Gasteiger partial charge in [-0.1, -0.05) is 13.8 Å². The molecular weight excluding hydrogens is 350 g/mol. The average molecular weight is 374 g/mol. The van der Waals surface area contributed by atoms with E-state index in [1.165, 1.54) is 6.07 Å². The highest BCUT2D eigenvalue weighted by molar-refractivity contribution is 5.91. The van der Waals surface area contributed by atoms with Crippen molar-refractivity contribution in [2.75, 3.05) is 6.61 Å². The number of rotatable bonds is 7. The molecule has 0 aliphatic rings. The first-order valence-electron chi connectivity index (χ1n) is 8.90. The Morgan fingerprint density at radius 1 is 1.22 bits per heavy atom. The molecule has 144 valence electrons. The van der Waals surface area contributed by atoms with Crippen LogP contribution in [0.15, 0.2) is 36.7 Å². The highest BCUT2D eigenvalue weighted by atomic mass is 19.3. The number of aromatic nitrogens is 3. The minimum atomic E-state index is -2.75. The summed E-state index contributed by atoms with van der Waals surface area (Å²) >= 11 is 0. The van der Waals surface area contributed by atoms with Crippen molar-refractivity contribution < 1.29 is 13.5 Å². The summed E-state index contributed by atoms with van der Waals surface area (Å²) in [7, 11) is 0.